The van der Waals surface area contributed by atoms with Crippen molar-refractivity contribution < 1.29 is 4.74 Å². The Morgan fingerprint density at radius 1 is 1.10 bits per heavy atom. The summed E-state index contributed by atoms with van der Waals surface area (Å²) in [5.41, 5.74) is 1.69. The lowest BCUT2D eigenvalue weighted by Crippen LogP contribution is -2.41. The van der Waals surface area contributed by atoms with Gasteiger partial charge in [0.15, 0.2) is 0 Å². The molecular weight excluding hydrogens is 282 g/mol. The SMILES string of the molecule is C#CCOc1ccc(CNC(C)(C)CC(C)(C)C)cc1.Cl. The monoisotopic (exact) mass is 309 g/mol. The first kappa shape index (κ1) is 19.8. The van der Waals surface area contributed by atoms with Gasteiger partial charge in [-0.2, -0.15) is 0 Å². The van der Waals surface area contributed by atoms with Gasteiger partial charge < -0.3 is 10.1 Å². The Labute approximate surface area is 136 Å². The summed E-state index contributed by atoms with van der Waals surface area (Å²) in [6.07, 6.45) is 6.30. The molecule has 0 saturated heterocycles. The van der Waals surface area contributed by atoms with E-state index >= 15 is 0 Å². The molecule has 0 atom stereocenters. The van der Waals surface area contributed by atoms with Gasteiger partial charge in [0.05, 0.1) is 0 Å². The third-order valence-electron chi connectivity index (χ3n) is 2.99. The standard InChI is InChI=1S/C18H27NO.ClH/c1-7-12-20-16-10-8-15(9-11-16)13-19-18(5,6)14-17(2,3)4;/h1,8-11,19H,12-14H2,2-6H3;1H. The van der Waals surface area contributed by atoms with E-state index in [0.717, 1.165) is 18.7 Å². The van der Waals surface area contributed by atoms with Crippen LogP contribution in [-0.4, -0.2) is 12.1 Å². The van der Waals surface area contributed by atoms with Crippen LogP contribution in [0.4, 0.5) is 0 Å². The molecule has 0 fully saturated rings. The minimum Gasteiger partial charge on any atom is -0.481 e. The van der Waals surface area contributed by atoms with Crippen molar-refractivity contribution in [3.05, 3.63) is 29.8 Å². The molecule has 0 unspecified atom stereocenters. The molecule has 0 radical (unpaired) electrons. The van der Waals surface area contributed by atoms with Gasteiger partial charge in [-0.1, -0.05) is 38.8 Å². The maximum absolute atomic E-state index is 5.36. The molecule has 1 aromatic carbocycles. The number of nitrogens with one attached hydrogen (secondary N) is 1. The minimum atomic E-state index is 0. The minimum absolute atomic E-state index is 0. The highest BCUT2D eigenvalue weighted by Gasteiger charge is 2.24. The van der Waals surface area contributed by atoms with Crippen LogP contribution >= 0.6 is 12.4 Å². The maximum Gasteiger partial charge on any atom is 0.148 e. The molecule has 118 valence electrons. The van der Waals surface area contributed by atoms with Crippen LogP contribution in [0, 0.1) is 17.8 Å². The molecule has 0 amide bonds. The number of rotatable bonds is 6. The summed E-state index contributed by atoms with van der Waals surface area (Å²) in [6.45, 7) is 12.5. The fourth-order valence-corrected chi connectivity index (χ4v) is 2.56. The molecule has 2 nitrogen and oxygen atoms in total. The van der Waals surface area contributed by atoms with E-state index in [2.05, 4.69) is 58.0 Å². The molecule has 0 aliphatic rings. The number of hydrogen-bond acceptors (Lipinski definition) is 2. The summed E-state index contributed by atoms with van der Waals surface area (Å²) in [4.78, 5) is 0. The molecule has 3 heteroatoms. The Morgan fingerprint density at radius 3 is 2.14 bits per heavy atom. The highest BCUT2D eigenvalue weighted by molar-refractivity contribution is 5.85. The smallest absolute Gasteiger partial charge is 0.148 e. The zero-order valence-corrected chi connectivity index (χ0v) is 14.6. The van der Waals surface area contributed by atoms with Crippen LogP contribution in [0.1, 0.15) is 46.6 Å². The van der Waals surface area contributed by atoms with Gasteiger partial charge in [0.2, 0.25) is 0 Å². The third-order valence-corrected chi connectivity index (χ3v) is 2.99. The Bertz CT molecular complexity index is 452. The molecule has 1 N–H and O–H groups in total. The van der Waals surface area contributed by atoms with E-state index in [0.29, 0.717) is 12.0 Å². The van der Waals surface area contributed by atoms with Gasteiger partial charge in [0, 0.05) is 12.1 Å². The van der Waals surface area contributed by atoms with Gasteiger partial charge in [0.1, 0.15) is 12.4 Å². The van der Waals surface area contributed by atoms with E-state index in [1.807, 2.05) is 12.1 Å². The lowest BCUT2D eigenvalue weighted by Gasteiger charge is -2.33. The first-order valence-corrected chi connectivity index (χ1v) is 7.12. The Hall–Kier alpha value is -1.17. The van der Waals surface area contributed by atoms with E-state index in [1.165, 1.54) is 5.56 Å². The lowest BCUT2D eigenvalue weighted by atomic mass is 9.82. The summed E-state index contributed by atoms with van der Waals surface area (Å²) in [5.74, 6) is 3.28. The molecule has 0 spiro atoms. The van der Waals surface area contributed by atoms with Crippen molar-refractivity contribution in [1.82, 2.24) is 5.32 Å². The second-order valence-electron chi connectivity index (χ2n) is 7.11. The predicted molar refractivity (Wildman–Crippen MR) is 93.0 cm³/mol. The van der Waals surface area contributed by atoms with Crippen molar-refractivity contribution >= 4 is 12.4 Å². The Morgan fingerprint density at radius 2 is 1.67 bits per heavy atom. The number of hydrogen-bond donors (Lipinski definition) is 1. The van der Waals surface area contributed by atoms with E-state index in [-0.39, 0.29) is 17.9 Å². The van der Waals surface area contributed by atoms with Gasteiger partial charge in [-0.15, -0.1) is 18.8 Å². The first-order chi connectivity index (χ1) is 9.22. The predicted octanol–water partition coefficient (Wildman–Crippen LogP) is 4.42. The molecule has 0 heterocycles. The van der Waals surface area contributed by atoms with Crippen LogP contribution in [0.25, 0.3) is 0 Å². The Kier molecular flexibility index (Phi) is 7.85. The summed E-state index contributed by atoms with van der Waals surface area (Å²) >= 11 is 0. The molecule has 1 aromatic rings. The molecule has 0 aromatic heterocycles. The van der Waals surface area contributed by atoms with E-state index < -0.39 is 0 Å². The van der Waals surface area contributed by atoms with Crippen LogP contribution in [-0.2, 0) is 6.54 Å². The fourth-order valence-electron chi connectivity index (χ4n) is 2.56. The van der Waals surface area contributed by atoms with Crippen LogP contribution in [0.15, 0.2) is 24.3 Å². The van der Waals surface area contributed by atoms with Crippen molar-refractivity contribution in [2.75, 3.05) is 6.61 Å². The fraction of sp³-hybridized carbons (Fsp3) is 0.556. The van der Waals surface area contributed by atoms with Crippen molar-refractivity contribution in [1.29, 1.82) is 0 Å². The second kappa shape index (κ2) is 8.32. The molecule has 0 bridgehead atoms. The largest absolute Gasteiger partial charge is 0.481 e. The van der Waals surface area contributed by atoms with Crippen LogP contribution in [0.2, 0.25) is 0 Å². The number of terminal acetylenes is 1. The molecule has 0 aliphatic carbocycles. The zero-order valence-electron chi connectivity index (χ0n) is 13.8. The van der Waals surface area contributed by atoms with Gasteiger partial charge in [-0.25, -0.2) is 0 Å². The van der Waals surface area contributed by atoms with Crippen LogP contribution in [0.5, 0.6) is 5.75 Å². The van der Waals surface area contributed by atoms with Crippen molar-refractivity contribution in [3.63, 3.8) is 0 Å². The van der Waals surface area contributed by atoms with Gasteiger partial charge in [-0.05, 0) is 43.4 Å². The molecule has 0 saturated carbocycles. The van der Waals surface area contributed by atoms with Gasteiger partial charge in [0.25, 0.3) is 0 Å². The van der Waals surface area contributed by atoms with Crippen molar-refractivity contribution in [2.24, 2.45) is 5.41 Å². The molecule has 21 heavy (non-hydrogen) atoms. The molecule has 1 rings (SSSR count). The number of ether oxygens (including phenoxy) is 1. The summed E-state index contributed by atoms with van der Waals surface area (Å²) in [5, 5.41) is 3.62. The van der Waals surface area contributed by atoms with E-state index in [4.69, 9.17) is 11.2 Å². The van der Waals surface area contributed by atoms with Crippen LogP contribution in [0.3, 0.4) is 0 Å². The average molecular weight is 310 g/mol. The quantitative estimate of drug-likeness (QED) is 0.785. The normalized spacial score (nSPS) is 11.4. The second-order valence-corrected chi connectivity index (χ2v) is 7.11. The van der Waals surface area contributed by atoms with E-state index in [1.54, 1.807) is 0 Å². The summed E-state index contributed by atoms with van der Waals surface area (Å²) in [6, 6.07) is 8.08. The van der Waals surface area contributed by atoms with Crippen LogP contribution < -0.4 is 10.1 Å². The van der Waals surface area contributed by atoms with Gasteiger partial charge in [-0.3, -0.25) is 0 Å². The molecular formula is C18H28ClNO. The highest BCUT2D eigenvalue weighted by atomic mass is 35.5. The summed E-state index contributed by atoms with van der Waals surface area (Å²) < 4.78 is 5.36. The van der Waals surface area contributed by atoms with Gasteiger partial charge >= 0.3 is 0 Å². The highest BCUT2D eigenvalue weighted by Crippen LogP contribution is 2.27. The topological polar surface area (TPSA) is 21.3 Å². The third kappa shape index (κ3) is 8.65. The van der Waals surface area contributed by atoms with Crippen molar-refractivity contribution in [2.45, 2.75) is 53.1 Å². The number of halogens is 1. The van der Waals surface area contributed by atoms with Crippen molar-refractivity contribution in [3.8, 4) is 18.1 Å². The lowest BCUT2D eigenvalue weighted by molar-refractivity contribution is 0.240. The Balaban J connectivity index is 0.00000400. The number of benzene rings is 1. The first-order valence-electron chi connectivity index (χ1n) is 7.12. The maximum atomic E-state index is 5.36. The zero-order chi connectivity index (χ0) is 15.2. The average Bonchev–Trinajstić information content (AvgIpc) is 2.32. The summed E-state index contributed by atoms with van der Waals surface area (Å²) in [7, 11) is 0. The molecule has 0 aliphatic heterocycles. The van der Waals surface area contributed by atoms with E-state index in [9.17, 15) is 0 Å².